The lowest BCUT2D eigenvalue weighted by Gasteiger charge is -2.37. The van der Waals surface area contributed by atoms with Gasteiger partial charge in [0.1, 0.15) is 5.76 Å². The van der Waals surface area contributed by atoms with Gasteiger partial charge >= 0.3 is 0 Å². The van der Waals surface area contributed by atoms with Crippen LogP contribution in [0.25, 0.3) is 0 Å². The van der Waals surface area contributed by atoms with Crippen molar-refractivity contribution in [2.24, 2.45) is 0 Å². The number of hydrogen-bond acceptors (Lipinski definition) is 3. The molecule has 1 fully saturated rings. The lowest BCUT2D eigenvalue weighted by Crippen LogP contribution is -2.46. The Morgan fingerprint density at radius 1 is 1.15 bits per heavy atom. The van der Waals surface area contributed by atoms with Crippen molar-refractivity contribution in [3.8, 4) is 0 Å². The second-order valence-corrected chi connectivity index (χ2v) is 7.73. The van der Waals surface area contributed by atoms with Gasteiger partial charge in [0.2, 0.25) is 5.91 Å². The van der Waals surface area contributed by atoms with E-state index in [-0.39, 0.29) is 5.91 Å². The molecule has 0 bridgehead atoms. The Balaban J connectivity index is 1.66. The Morgan fingerprint density at radius 2 is 1.85 bits per heavy atom. The SMILES string of the molecule is CCCCc1ccc(CC(=O)N(Cc2ccco2)C2CCN(C)CC2)cc1. The maximum Gasteiger partial charge on any atom is 0.227 e. The van der Waals surface area contributed by atoms with Crippen LogP contribution in [-0.4, -0.2) is 41.9 Å². The number of amides is 1. The fraction of sp³-hybridized carbons (Fsp3) is 0.522. The molecule has 27 heavy (non-hydrogen) atoms. The fourth-order valence-corrected chi connectivity index (χ4v) is 3.78. The monoisotopic (exact) mass is 368 g/mol. The van der Waals surface area contributed by atoms with Crippen LogP contribution < -0.4 is 0 Å². The van der Waals surface area contributed by atoms with Gasteiger partial charge in [0, 0.05) is 6.04 Å². The van der Waals surface area contributed by atoms with Crippen molar-refractivity contribution >= 4 is 5.91 Å². The molecule has 1 amide bonds. The van der Waals surface area contributed by atoms with Gasteiger partial charge in [-0.3, -0.25) is 4.79 Å². The van der Waals surface area contributed by atoms with Gasteiger partial charge in [-0.25, -0.2) is 0 Å². The zero-order chi connectivity index (χ0) is 19.1. The molecule has 0 radical (unpaired) electrons. The maximum absolute atomic E-state index is 13.1. The summed E-state index contributed by atoms with van der Waals surface area (Å²) in [6.45, 7) is 4.86. The first kappa shape index (κ1) is 19.7. The normalized spacial score (nSPS) is 15.8. The van der Waals surface area contributed by atoms with Crippen LogP contribution in [0.3, 0.4) is 0 Å². The van der Waals surface area contributed by atoms with Crippen molar-refractivity contribution in [1.82, 2.24) is 9.80 Å². The van der Waals surface area contributed by atoms with Crippen molar-refractivity contribution in [1.29, 1.82) is 0 Å². The van der Waals surface area contributed by atoms with E-state index in [2.05, 4.69) is 43.1 Å². The van der Waals surface area contributed by atoms with Crippen molar-refractivity contribution in [3.05, 3.63) is 59.5 Å². The van der Waals surface area contributed by atoms with E-state index in [1.807, 2.05) is 17.0 Å². The van der Waals surface area contributed by atoms with E-state index in [1.165, 1.54) is 18.4 Å². The molecule has 2 heterocycles. The number of likely N-dealkylation sites (tertiary alicyclic amines) is 1. The second kappa shape index (κ2) is 9.75. The van der Waals surface area contributed by atoms with Crippen LogP contribution in [0.1, 0.15) is 49.5 Å². The van der Waals surface area contributed by atoms with Gasteiger partial charge in [0.15, 0.2) is 0 Å². The van der Waals surface area contributed by atoms with Gasteiger partial charge in [-0.05, 0) is 69.1 Å². The molecule has 0 spiro atoms. The average Bonchev–Trinajstić information content (AvgIpc) is 3.20. The van der Waals surface area contributed by atoms with Crippen LogP contribution in [-0.2, 0) is 24.2 Å². The minimum Gasteiger partial charge on any atom is -0.467 e. The minimum absolute atomic E-state index is 0.197. The Morgan fingerprint density at radius 3 is 2.48 bits per heavy atom. The second-order valence-electron chi connectivity index (χ2n) is 7.73. The number of benzene rings is 1. The summed E-state index contributed by atoms with van der Waals surface area (Å²) in [5.74, 6) is 1.06. The molecule has 1 aliphatic heterocycles. The number of furan rings is 1. The van der Waals surface area contributed by atoms with Crippen molar-refractivity contribution in [2.45, 2.75) is 58.0 Å². The smallest absolute Gasteiger partial charge is 0.227 e. The molecule has 4 heteroatoms. The number of nitrogens with zero attached hydrogens (tertiary/aromatic N) is 2. The molecule has 0 aliphatic carbocycles. The van der Waals surface area contributed by atoms with Gasteiger partial charge in [0.05, 0.1) is 19.2 Å². The molecule has 1 aromatic carbocycles. The lowest BCUT2D eigenvalue weighted by molar-refractivity contribution is -0.134. The summed E-state index contributed by atoms with van der Waals surface area (Å²) in [5.41, 5.74) is 2.45. The van der Waals surface area contributed by atoms with Crippen LogP contribution >= 0.6 is 0 Å². The molecule has 146 valence electrons. The van der Waals surface area contributed by atoms with Gasteiger partial charge in [-0.15, -0.1) is 0 Å². The van der Waals surface area contributed by atoms with Crippen LogP contribution in [0.15, 0.2) is 47.1 Å². The summed E-state index contributed by atoms with van der Waals surface area (Å²) in [6, 6.07) is 12.7. The Labute approximate surface area is 163 Å². The third-order valence-corrected chi connectivity index (χ3v) is 5.55. The lowest BCUT2D eigenvalue weighted by atomic mass is 10.0. The van der Waals surface area contributed by atoms with Crippen LogP contribution in [0.2, 0.25) is 0 Å². The fourth-order valence-electron chi connectivity index (χ4n) is 3.78. The van der Waals surface area contributed by atoms with E-state index in [9.17, 15) is 4.79 Å². The Hall–Kier alpha value is -2.07. The van der Waals surface area contributed by atoms with Crippen LogP contribution in [0, 0.1) is 0 Å². The number of carbonyl (C=O) groups is 1. The molecule has 2 aromatic rings. The topological polar surface area (TPSA) is 36.7 Å². The first-order valence-corrected chi connectivity index (χ1v) is 10.2. The number of piperidine rings is 1. The zero-order valence-corrected chi connectivity index (χ0v) is 16.7. The van der Waals surface area contributed by atoms with E-state index < -0.39 is 0 Å². The predicted octanol–water partition coefficient (Wildman–Crippen LogP) is 4.29. The van der Waals surface area contributed by atoms with Crippen molar-refractivity contribution in [3.63, 3.8) is 0 Å². The quantitative estimate of drug-likeness (QED) is 0.697. The first-order chi connectivity index (χ1) is 13.2. The minimum atomic E-state index is 0.197. The van der Waals surface area contributed by atoms with E-state index in [4.69, 9.17) is 4.42 Å². The molecule has 1 saturated heterocycles. The molecule has 0 unspecified atom stereocenters. The maximum atomic E-state index is 13.1. The van der Waals surface area contributed by atoms with Gasteiger partial charge in [-0.1, -0.05) is 37.6 Å². The van der Waals surface area contributed by atoms with E-state index in [1.54, 1.807) is 6.26 Å². The number of hydrogen-bond donors (Lipinski definition) is 0. The third-order valence-electron chi connectivity index (χ3n) is 5.55. The highest BCUT2D eigenvalue weighted by Gasteiger charge is 2.27. The Bertz CT molecular complexity index is 686. The number of carbonyl (C=O) groups excluding carboxylic acids is 1. The van der Waals surface area contributed by atoms with E-state index in [0.29, 0.717) is 19.0 Å². The summed E-state index contributed by atoms with van der Waals surface area (Å²) in [7, 11) is 2.15. The molecule has 0 saturated carbocycles. The number of aryl methyl sites for hydroxylation is 1. The van der Waals surface area contributed by atoms with Gasteiger partial charge in [-0.2, -0.15) is 0 Å². The van der Waals surface area contributed by atoms with Crippen molar-refractivity contribution in [2.75, 3.05) is 20.1 Å². The molecule has 4 nitrogen and oxygen atoms in total. The largest absolute Gasteiger partial charge is 0.467 e. The van der Waals surface area contributed by atoms with E-state index >= 15 is 0 Å². The van der Waals surface area contributed by atoms with Crippen LogP contribution in [0.4, 0.5) is 0 Å². The number of rotatable bonds is 8. The highest BCUT2D eigenvalue weighted by molar-refractivity contribution is 5.79. The van der Waals surface area contributed by atoms with E-state index in [0.717, 1.165) is 43.7 Å². The molecule has 1 aromatic heterocycles. The summed E-state index contributed by atoms with van der Waals surface area (Å²) in [4.78, 5) is 17.5. The highest BCUT2D eigenvalue weighted by atomic mass is 16.3. The van der Waals surface area contributed by atoms with Crippen LogP contribution in [0.5, 0.6) is 0 Å². The molecular weight excluding hydrogens is 336 g/mol. The highest BCUT2D eigenvalue weighted by Crippen LogP contribution is 2.20. The summed E-state index contributed by atoms with van der Waals surface area (Å²) >= 11 is 0. The van der Waals surface area contributed by atoms with Gasteiger partial charge in [0.25, 0.3) is 0 Å². The molecular formula is C23H32N2O2. The Kier molecular flexibility index (Phi) is 7.11. The molecule has 0 N–H and O–H groups in total. The molecule has 3 rings (SSSR count). The first-order valence-electron chi connectivity index (χ1n) is 10.2. The average molecular weight is 369 g/mol. The third kappa shape index (κ3) is 5.70. The standard InChI is InChI=1S/C23H32N2O2/c1-3-4-6-19-8-10-20(11-9-19)17-23(26)25(18-22-7-5-16-27-22)21-12-14-24(2)15-13-21/h5,7-11,16,21H,3-4,6,12-15,17-18H2,1-2H3. The zero-order valence-electron chi connectivity index (χ0n) is 16.7. The number of unbranched alkanes of at least 4 members (excludes halogenated alkanes) is 1. The predicted molar refractivity (Wildman–Crippen MR) is 109 cm³/mol. The molecule has 1 aliphatic rings. The van der Waals surface area contributed by atoms with Crippen molar-refractivity contribution < 1.29 is 9.21 Å². The molecule has 0 atom stereocenters. The summed E-state index contributed by atoms with van der Waals surface area (Å²) < 4.78 is 5.53. The summed E-state index contributed by atoms with van der Waals surface area (Å²) in [5, 5.41) is 0. The summed E-state index contributed by atoms with van der Waals surface area (Å²) in [6.07, 6.45) is 7.73. The van der Waals surface area contributed by atoms with Gasteiger partial charge < -0.3 is 14.2 Å².